The molecule has 6 rings (SSSR count). The average Bonchev–Trinajstić information content (AvgIpc) is 3.78. The summed E-state index contributed by atoms with van der Waals surface area (Å²) in [4.78, 5) is 20.1. The Balaban J connectivity index is 0.000000320. The van der Waals surface area contributed by atoms with Crippen molar-refractivity contribution in [1.82, 2.24) is 29.0 Å². The first-order valence-electron chi connectivity index (χ1n) is 22.6. The van der Waals surface area contributed by atoms with Crippen molar-refractivity contribution in [3.05, 3.63) is 116 Å². The number of aromatic hydroxyl groups is 4. The van der Waals surface area contributed by atoms with Gasteiger partial charge in [-0.1, -0.05) is 35.4 Å². The van der Waals surface area contributed by atoms with Gasteiger partial charge in [-0.3, -0.25) is 20.2 Å². The van der Waals surface area contributed by atoms with E-state index in [1.807, 2.05) is 65.8 Å². The van der Waals surface area contributed by atoms with E-state index in [-0.39, 0.29) is 76.6 Å². The van der Waals surface area contributed by atoms with Gasteiger partial charge in [0, 0.05) is 55.2 Å². The molecule has 0 saturated carbocycles. The zero-order chi connectivity index (χ0) is 54.7. The monoisotopic (exact) mass is 1120 g/mol. The minimum absolute atomic E-state index is 0. The molecule has 0 saturated heterocycles. The molecule has 29 heteroatoms. The van der Waals surface area contributed by atoms with Gasteiger partial charge in [-0.2, -0.15) is 19.6 Å². The first-order chi connectivity index (χ1) is 34.8. The number of aryl methyl sites for hydroxylation is 4. The number of nitro benzene ring substituents is 2. The number of azo groups is 2. The van der Waals surface area contributed by atoms with Crippen molar-refractivity contribution in [2.45, 2.75) is 90.2 Å². The number of phenolic OH excluding ortho intramolecular Hbond substituents is 2. The SMILES string of the molecule is Cc1ccc(-n2nc(C)c(N=Nc3cc(S(=O)(=O)NCCCOC(C)C)cc([N+](=O)[O-])c3O)c2O)cc1.Cc1ccc(-n2nc(C)c(N=Nc3cc(S(=O)(=O)NCCCOC(C)C)cc([N+](=O)[O-])c3O)c2O)cc1.[Co]. The zero-order valence-electron chi connectivity index (χ0n) is 41.8. The number of hydrogen-bond acceptors (Lipinski definition) is 20. The molecule has 4 aromatic carbocycles. The second-order valence-corrected chi connectivity index (χ2v) is 20.4. The summed E-state index contributed by atoms with van der Waals surface area (Å²) in [6.45, 7) is 15.1. The Morgan fingerprint density at radius 1 is 0.587 bits per heavy atom. The fraction of sp³-hybridized carbons (Fsp3) is 0.348. The fourth-order valence-electron chi connectivity index (χ4n) is 6.45. The molecule has 0 aliphatic rings. The van der Waals surface area contributed by atoms with Crippen LogP contribution in [0, 0.1) is 47.9 Å². The summed E-state index contributed by atoms with van der Waals surface area (Å²) in [5, 5.41) is 88.8. The smallest absolute Gasteiger partial charge is 0.314 e. The number of nitro groups is 2. The van der Waals surface area contributed by atoms with E-state index in [4.69, 9.17) is 9.47 Å². The molecular weight excluding hydrogens is 1070 g/mol. The van der Waals surface area contributed by atoms with Gasteiger partial charge in [-0.15, -0.1) is 20.5 Å². The fourth-order valence-corrected chi connectivity index (χ4v) is 8.68. The maximum absolute atomic E-state index is 12.8. The molecule has 0 fully saturated rings. The Kier molecular flexibility index (Phi) is 21.1. The van der Waals surface area contributed by atoms with Gasteiger partial charge in [0.05, 0.1) is 54.6 Å². The third-order valence-electron chi connectivity index (χ3n) is 10.3. The number of nitrogens with zero attached hydrogens (tertiary/aromatic N) is 10. The predicted molar refractivity (Wildman–Crippen MR) is 269 cm³/mol. The maximum atomic E-state index is 12.8. The average molecular weight is 1120 g/mol. The Morgan fingerprint density at radius 3 is 1.23 bits per heavy atom. The summed E-state index contributed by atoms with van der Waals surface area (Å²) in [6.07, 6.45) is 0.758. The minimum Gasteiger partial charge on any atom is -0.501 e. The van der Waals surface area contributed by atoms with E-state index in [1.165, 1.54) is 9.36 Å². The van der Waals surface area contributed by atoms with E-state index in [0.717, 1.165) is 35.4 Å². The molecule has 0 amide bonds. The van der Waals surface area contributed by atoms with E-state index in [0.29, 0.717) is 37.4 Å². The van der Waals surface area contributed by atoms with E-state index in [1.54, 1.807) is 38.1 Å². The molecule has 75 heavy (non-hydrogen) atoms. The second kappa shape index (κ2) is 26.3. The third kappa shape index (κ3) is 15.9. The van der Waals surface area contributed by atoms with Gasteiger partial charge in [0.15, 0.2) is 11.4 Å². The molecule has 0 unspecified atom stereocenters. The van der Waals surface area contributed by atoms with E-state index < -0.39 is 73.9 Å². The van der Waals surface area contributed by atoms with Gasteiger partial charge >= 0.3 is 11.4 Å². The van der Waals surface area contributed by atoms with Crippen LogP contribution in [0.15, 0.2) is 103 Å². The van der Waals surface area contributed by atoms with E-state index >= 15 is 0 Å². The van der Waals surface area contributed by atoms with Gasteiger partial charge in [0.1, 0.15) is 11.4 Å². The molecule has 0 atom stereocenters. The summed E-state index contributed by atoms with van der Waals surface area (Å²) < 4.78 is 68.9. The van der Waals surface area contributed by atoms with Crippen LogP contribution in [-0.4, -0.2) is 105 Å². The molecule has 0 aliphatic heterocycles. The van der Waals surface area contributed by atoms with Gasteiger partial charge in [-0.05, 0) is 105 Å². The van der Waals surface area contributed by atoms with Crippen LogP contribution in [0.5, 0.6) is 23.3 Å². The molecule has 6 N–H and O–H groups in total. The third-order valence-corrected chi connectivity index (χ3v) is 13.2. The summed E-state index contributed by atoms with van der Waals surface area (Å²) >= 11 is 0. The molecule has 405 valence electrons. The van der Waals surface area contributed by atoms with Crippen LogP contribution in [0.2, 0.25) is 0 Å². The zero-order valence-corrected chi connectivity index (χ0v) is 44.5. The topological polar surface area (TPSA) is 363 Å². The van der Waals surface area contributed by atoms with Crippen LogP contribution in [0.4, 0.5) is 34.1 Å². The van der Waals surface area contributed by atoms with E-state index in [2.05, 4.69) is 40.1 Å². The van der Waals surface area contributed by atoms with Crippen LogP contribution < -0.4 is 9.44 Å². The number of nitrogens with one attached hydrogen (secondary N) is 2. The van der Waals surface area contributed by atoms with Crippen molar-refractivity contribution in [1.29, 1.82) is 0 Å². The molecule has 0 bridgehead atoms. The molecule has 6 aromatic rings. The second-order valence-electron chi connectivity index (χ2n) is 16.9. The van der Waals surface area contributed by atoms with Crippen LogP contribution in [0.3, 0.4) is 0 Å². The Hall–Kier alpha value is -7.25. The minimum atomic E-state index is -4.18. The van der Waals surface area contributed by atoms with Gasteiger partial charge < -0.3 is 29.9 Å². The summed E-state index contributed by atoms with van der Waals surface area (Å²) in [5.74, 6) is -2.46. The molecular formula is C46H56CoN12O14S2. The van der Waals surface area contributed by atoms with Crippen molar-refractivity contribution >= 4 is 54.2 Å². The summed E-state index contributed by atoms with van der Waals surface area (Å²) in [5.41, 5.74) is 0.919. The number of rotatable bonds is 22. The first-order valence-corrected chi connectivity index (χ1v) is 25.6. The Bertz CT molecular complexity index is 3060. The number of phenols is 2. The van der Waals surface area contributed by atoms with Crippen molar-refractivity contribution in [3.63, 3.8) is 0 Å². The number of aromatic nitrogens is 4. The number of hydrogen-bond donors (Lipinski definition) is 6. The Morgan fingerprint density at radius 2 is 0.920 bits per heavy atom. The van der Waals surface area contributed by atoms with E-state index in [9.17, 15) is 57.5 Å². The molecule has 2 aromatic heterocycles. The largest absolute Gasteiger partial charge is 0.501 e. The van der Waals surface area contributed by atoms with Gasteiger partial charge in [-0.25, -0.2) is 26.3 Å². The van der Waals surface area contributed by atoms with Crippen LogP contribution in [0.25, 0.3) is 11.4 Å². The molecule has 0 spiro atoms. The molecule has 1 radical (unpaired) electrons. The van der Waals surface area contributed by atoms with Gasteiger partial charge in [0.2, 0.25) is 43.3 Å². The number of ether oxygens (including phenoxy) is 2. The number of sulfonamides is 2. The standard InChI is InChI=1S/2C23H28N6O7S.Co/c2*1-14(2)36-11-5-10-24-37(34,35)18-12-19(22(30)20(13-18)29(32)33)25-26-21-16(4)27-28(23(21)31)17-8-6-15(3)7-9-17;/h2*6-9,12-14,24,30-31H,5,10-11H2,1-4H3;. The van der Waals surface area contributed by atoms with Crippen LogP contribution in [0.1, 0.15) is 63.1 Å². The predicted octanol–water partition coefficient (Wildman–Crippen LogP) is 8.63. The van der Waals surface area contributed by atoms with Crippen molar-refractivity contribution in [3.8, 4) is 34.6 Å². The van der Waals surface area contributed by atoms with Crippen LogP contribution in [-0.2, 0) is 46.3 Å². The number of benzene rings is 4. The van der Waals surface area contributed by atoms with Crippen molar-refractivity contribution in [2.24, 2.45) is 20.5 Å². The van der Waals surface area contributed by atoms with Crippen molar-refractivity contribution in [2.75, 3.05) is 26.3 Å². The Labute approximate surface area is 441 Å². The molecule has 26 nitrogen and oxygen atoms in total. The maximum Gasteiger partial charge on any atom is 0.314 e. The molecule has 2 heterocycles. The van der Waals surface area contributed by atoms with Crippen LogP contribution >= 0.6 is 0 Å². The summed E-state index contributed by atoms with van der Waals surface area (Å²) in [7, 11) is -8.36. The quantitative estimate of drug-likeness (QED) is 0.0160. The van der Waals surface area contributed by atoms with Crippen molar-refractivity contribution < 1.29 is 73.4 Å². The normalized spacial score (nSPS) is 11.9. The van der Waals surface area contributed by atoms with Gasteiger partial charge in [0.25, 0.3) is 0 Å². The first kappa shape index (κ1) is 60.3. The summed E-state index contributed by atoms with van der Waals surface area (Å²) in [6, 6.07) is 17.7. The molecule has 0 aliphatic carbocycles.